The molecule has 2 rings (SSSR count). The van der Waals surface area contributed by atoms with E-state index in [2.05, 4.69) is 4.90 Å². The van der Waals surface area contributed by atoms with Gasteiger partial charge < -0.3 is 29.4 Å². The Balaban J connectivity index is 2.07. The van der Waals surface area contributed by atoms with Gasteiger partial charge in [0.05, 0.1) is 37.7 Å². The standard InChI is InChI=1S/C18H28N2O6/c1-3-24-18(21)14-12-16(17(13-15(14)19)26-11-10-22-2)25-9-6-20-4-7-23-8-5-20/h12-13H,3-11,19H2,1-2H3. The van der Waals surface area contributed by atoms with E-state index in [1.165, 1.54) is 0 Å². The second kappa shape index (κ2) is 10.8. The number of morpholine rings is 1. The molecule has 0 bridgehead atoms. The van der Waals surface area contributed by atoms with Crippen LogP contribution in [-0.2, 0) is 14.2 Å². The molecule has 1 aliphatic rings. The molecule has 1 heterocycles. The van der Waals surface area contributed by atoms with Crippen molar-refractivity contribution in [3.8, 4) is 11.5 Å². The normalized spacial score (nSPS) is 14.8. The SMILES string of the molecule is CCOC(=O)c1cc(OCCN2CCOCC2)c(OCCOC)cc1N. The quantitative estimate of drug-likeness (QED) is 0.374. The van der Waals surface area contributed by atoms with Gasteiger partial charge in [-0.05, 0) is 6.92 Å². The fourth-order valence-electron chi connectivity index (χ4n) is 2.53. The van der Waals surface area contributed by atoms with Crippen LogP contribution in [-0.4, -0.2) is 77.3 Å². The van der Waals surface area contributed by atoms with Crippen molar-refractivity contribution >= 4 is 11.7 Å². The predicted octanol–water partition coefficient (Wildman–Crippen LogP) is 1.18. The number of hydrogen-bond acceptors (Lipinski definition) is 8. The van der Waals surface area contributed by atoms with Crippen LogP contribution in [0.3, 0.4) is 0 Å². The van der Waals surface area contributed by atoms with Gasteiger partial charge in [-0.1, -0.05) is 0 Å². The summed E-state index contributed by atoms with van der Waals surface area (Å²) in [6.45, 7) is 7.29. The first kappa shape index (κ1) is 20.3. The lowest BCUT2D eigenvalue weighted by Gasteiger charge is -2.26. The molecule has 8 heteroatoms. The van der Waals surface area contributed by atoms with Crippen molar-refractivity contribution < 1.29 is 28.5 Å². The number of methoxy groups -OCH3 is 1. The Morgan fingerprint density at radius 2 is 1.85 bits per heavy atom. The number of carbonyl (C=O) groups is 1. The van der Waals surface area contributed by atoms with Gasteiger partial charge in [0.2, 0.25) is 0 Å². The van der Waals surface area contributed by atoms with E-state index < -0.39 is 5.97 Å². The molecule has 0 saturated carbocycles. The van der Waals surface area contributed by atoms with E-state index in [0.717, 1.165) is 32.8 Å². The monoisotopic (exact) mass is 368 g/mol. The summed E-state index contributed by atoms with van der Waals surface area (Å²) in [7, 11) is 1.60. The third-order valence-corrected chi connectivity index (χ3v) is 3.93. The molecule has 1 aromatic carbocycles. The molecule has 0 radical (unpaired) electrons. The van der Waals surface area contributed by atoms with Crippen molar-refractivity contribution in [2.24, 2.45) is 0 Å². The number of carbonyl (C=O) groups excluding carboxylic acids is 1. The molecule has 1 aromatic rings. The zero-order valence-electron chi connectivity index (χ0n) is 15.5. The molecule has 0 atom stereocenters. The number of nitrogens with zero attached hydrogens (tertiary/aromatic N) is 1. The van der Waals surface area contributed by atoms with Crippen LogP contribution in [0, 0.1) is 0 Å². The van der Waals surface area contributed by atoms with Crippen molar-refractivity contribution in [2.45, 2.75) is 6.92 Å². The maximum Gasteiger partial charge on any atom is 0.340 e. The second-order valence-corrected chi connectivity index (χ2v) is 5.75. The maximum atomic E-state index is 12.1. The Morgan fingerprint density at radius 3 is 2.54 bits per heavy atom. The third-order valence-electron chi connectivity index (χ3n) is 3.93. The zero-order valence-corrected chi connectivity index (χ0v) is 15.5. The third kappa shape index (κ3) is 6.05. The summed E-state index contributed by atoms with van der Waals surface area (Å²) in [6.07, 6.45) is 0. The summed E-state index contributed by atoms with van der Waals surface area (Å²) in [4.78, 5) is 14.3. The van der Waals surface area contributed by atoms with E-state index in [-0.39, 0.29) is 17.9 Å². The summed E-state index contributed by atoms with van der Waals surface area (Å²) in [5.74, 6) is 0.465. The number of anilines is 1. The van der Waals surface area contributed by atoms with Crippen LogP contribution in [0.1, 0.15) is 17.3 Å². The highest BCUT2D eigenvalue weighted by Crippen LogP contribution is 2.33. The van der Waals surface area contributed by atoms with Crippen LogP contribution in [0.5, 0.6) is 11.5 Å². The van der Waals surface area contributed by atoms with Gasteiger partial charge in [-0.3, -0.25) is 4.90 Å². The van der Waals surface area contributed by atoms with Crippen molar-refractivity contribution in [3.63, 3.8) is 0 Å². The zero-order chi connectivity index (χ0) is 18.8. The molecule has 26 heavy (non-hydrogen) atoms. The summed E-state index contributed by atoms with van der Waals surface area (Å²) < 4.78 is 26.9. The lowest BCUT2D eigenvalue weighted by atomic mass is 10.1. The molecule has 0 spiro atoms. The Morgan fingerprint density at radius 1 is 1.15 bits per heavy atom. The van der Waals surface area contributed by atoms with Crippen molar-refractivity contribution in [1.82, 2.24) is 4.90 Å². The van der Waals surface area contributed by atoms with Crippen LogP contribution in [0.4, 0.5) is 5.69 Å². The van der Waals surface area contributed by atoms with E-state index in [1.54, 1.807) is 26.2 Å². The highest BCUT2D eigenvalue weighted by molar-refractivity contribution is 5.96. The van der Waals surface area contributed by atoms with E-state index >= 15 is 0 Å². The summed E-state index contributed by atoms with van der Waals surface area (Å²) in [5, 5.41) is 0. The highest BCUT2D eigenvalue weighted by Gasteiger charge is 2.18. The molecule has 0 amide bonds. The number of esters is 1. The summed E-state index contributed by atoms with van der Waals surface area (Å²) in [5.41, 5.74) is 6.54. The molecule has 0 aliphatic carbocycles. The lowest BCUT2D eigenvalue weighted by Crippen LogP contribution is -2.38. The van der Waals surface area contributed by atoms with Gasteiger partial charge in [-0.25, -0.2) is 4.79 Å². The summed E-state index contributed by atoms with van der Waals surface area (Å²) >= 11 is 0. The van der Waals surface area contributed by atoms with Crippen LogP contribution in [0.15, 0.2) is 12.1 Å². The molecule has 1 fully saturated rings. The van der Waals surface area contributed by atoms with Gasteiger partial charge in [0.25, 0.3) is 0 Å². The van der Waals surface area contributed by atoms with Crippen LogP contribution in [0.2, 0.25) is 0 Å². The molecule has 8 nitrogen and oxygen atoms in total. The fraction of sp³-hybridized carbons (Fsp3) is 0.611. The van der Waals surface area contributed by atoms with E-state index in [4.69, 9.17) is 29.4 Å². The smallest absolute Gasteiger partial charge is 0.340 e. The van der Waals surface area contributed by atoms with E-state index in [9.17, 15) is 4.79 Å². The molecule has 0 aromatic heterocycles. The Hall–Kier alpha value is -2.03. The Kier molecular flexibility index (Phi) is 8.46. The van der Waals surface area contributed by atoms with Crippen LogP contribution in [0.25, 0.3) is 0 Å². The minimum absolute atomic E-state index is 0.271. The number of benzene rings is 1. The minimum atomic E-state index is -0.480. The number of rotatable bonds is 10. The molecule has 1 saturated heterocycles. The fourth-order valence-corrected chi connectivity index (χ4v) is 2.53. The first-order valence-electron chi connectivity index (χ1n) is 8.81. The number of hydrogen-bond donors (Lipinski definition) is 1. The van der Waals surface area contributed by atoms with E-state index in [0.29, 0.717) is 31.3 Å². The molecule has 0 unspecified atom stereocenters. The summed E-state index contributed by atoms with van der Waals surface area (Å²) in [6, 6.07) is 3.17. The van der Waals surface area contributed by atoms with Gasteiger partial charge in [-0.15, -0.1) is 0 Å². The number of ether oxygens (including phenoxy) is 5. The van der Waals surface area contributed by atoms with Crippen molar-refractivity contribution in [2.75, 3.05) is 72.1 Å². The van der Waals surface area contributed by atoms with E-state index in [1.807, 2.05) is 0 Å². The van der Waals surface area contributed by atoms with Gasteiger partial charge >= 0.3 is 5.97 Å². The highest BCUT2D eigenvalue weighted by atomic mass is 16.5. The van der Waals surface area contributed by atoms with Gasteiger partial charge in [0, 0.05) is 38.9 Å². The average Bonchev–Trinajstić information content (AvgIpc) is 2.64. The number of nitrogens with two attached hydrogens (primary N) is 1. The predicted molar refractivity (Wildman–Crippen MR) is 96.9 cm³/mol. The van der Waals surface area contributed by atoms with Gasteiger partial charge in [0.15, 0.2) is 11.5 Å². The maximum absolute atomic E-state index is 12.1. The molecule has 1 aliphatic heterocycles. The molecule has 146 valence electrons. The Bertz CT molecular complexity index is 575. The van der Waals surface area contributed by atoms with Crippen LogP contribution < -0.4 is 15.2 Å². The van der Waals surface area contributed by atoms with Crippen LogP contribution >= 0.6 is 0 Å². The first-order chi connectivity index (χ1) is 12.7. The van der Waals surface area contributed by atoms with Gasteiger partial charge in [-0.2, -0.15) is 0 Å². The largest absolute Gasteiger partial charge is 0.488 e. The molecular formula is C18H28N2O6. The second-order valence-electron chi connectivity index (χ2n) is 5.75. The Labute approximate surface area is 154 Å². The first-order valence-corrected chi connectivity index (χ1v) is 8.81. The lowest BCUT2D eigenvalue weighted by molar-refractivity contribution is 0.0320. The molecular weight excluding hydrogens is 340 g/mol. The van der Waals surface area contributed by atoms with Gasteiger partial charge in [0.1, 0.15) is 13.2 Å². The number of nitrogen functional groups attached to an aromatic ring is 1. The minimum Gasteiger partial charge on any atom is -0.488 e. The topological polar surface area (TPSA) is 92.5 Å². The van der Waals surface area contributed by atoms with Crippen molar-refractivity contribution in [3.05, 3.63) is 17.7 Å². The molecule has 2 N–H and O–H groups in total. The average molecular weight is 368 g/mol. The van der Waals surface area contributed by atoms with Crippen molar-refractivity contribution in [1.29, 1.82) is 0 Å².